The summed E-state index contributed by atoms with van der Waals surface area (Å²) >= 11 is 0. The van der Waals surface area contributed by atoms with Gasteiger partial charge in [0.05, 0.1) is 0 Å². The van der Waals surface area contributed by atoms with Crippen molar-refractivity contribution in [2.24, 2.45) is 0 Å². The number of hydrogen-bond acceptors (Lipinski definition) is 1. The van der Waals surface area contributed by atoms with E-state index >= 15 is 0 Å². The lowest BCUT2D eigenvalue weighted by atomic mass is 10.1. The number of unbranched alkanes of at least 4 members (excludes halogenated alkanes) is 6. The third-order valence-corrected chi connectivity index (χ3v) is 2.84. The molecular formula is C18H28O2. The number of carboxylic acid groups (broad SMARTS) is 1. The van der Waals surface area contributed by atoms with E-state index in [0.29, 0.717) is 0 Å². The van der Waals surface area contributed by atoms with Crippen molar-refractivity contribution in [1.82, 2.24) is 0 Å². The minimum absolute atomic E-state index is 0.917. The summed E-state index contributed by atoms with van der Waals surface area (Å²) in [4.78, 5) is 10.2. The van der Waals surface area contributed by atoms with Gasteiger partial charge in [-0.25, -0.2) is 4.79 Å². The van der Waals surface area contributed by atoms with Crippen LogP contribution in [-0.4, -0.2) is 11.1 Å². The maximum absolute atomic E-state index is 10.2. The third-order valence-electron chi connectivity index (χ3n) is 2.84. The van der Waals surface area contributed by atoms with Crippen molar-refractivity contribution < 1.29 is 9.90 Å². The van der Waals surface area contributed by atoms with Crippen LogP contribution in [0.15, 0.2) is 48.6 Å². The highest BCUT2D eigenvalue weighted by molar-refractivity contribution is 5.80. The standard InChI is InChI=1S/C18H28O2/c1-2-3-4-5-6-7-8-9-10-11-12-13-14-15-16-17-18(19)20/h7-8,12-17H,2-6,9-11H2,1H3,(H,19,20)/b8-7-,13-12+,15-14+,17-16+. The van der Waals surface area contributed by atoms with Crippen LogP contribution < -0.4 is 0 Å². The molecule has 0 fully saturated rings. The molecule has 0 aromatic heterocycles. The van der Waals surface area contributed by atoms with Crippen LogP contribution in [0.5, 0.6) is 0 Å². The van der Waals surface area contributed by atoms with Crippen LogP contribution in [-0.2, 0) is 4.79 Å². The Hall–Kier alpha value is -1.57. The third kappa shape index (κ3) is 16.4. The van der Waals surface area contributed by atoms with Crippen molar-refractivity contribution in [1.29, 1.82) is 0 Å². The summed E-state index contributed by atoms with van der Waals surface area (Å²) in [6, 6.07) is 0. The van der Waals surface area contributed by atoms with Gasteiger partial charge in [-0.3, -0.25) is 0 Å². The molecule has 2 heteroatoms. The van der Waals surface area contributed by atoms with Gasteiger partial charge in [-0.05, 0) is 32.1 Å². The molecule has 0 heterocycles. The van der Waals surface area contributed by atoms with E-state index in [1.807, 2.05) is 12.2 Å². The van der Waals surface area contributed by atoms with Crippen LogP contribution in [0.2, 0.25) is 0 Å². The van der Waals surface area contributed by atoms with E-state index in [9.17, 15) is 4.79 Å². The Morgan fingerprint density at radius 1 is 0.800 bits per heavy atom. The first-order chi connectivity index (χ1) is 9.77. The van der Waals surface area contributed by atoms with Crippen molar-refractivity contribution in [3.63, 3.8) is 0 Å². The second-order valence-electron chi connectivity index (χ2n) is 4.76. The van der Waals surface area contributed by atoms with Crippen molar-refractivity contribution in [3.05, 3.63) is 48.6 Å². The largest absolute Gasteiger partial charge is 0.478 e. The summed E-state index contributed by atoms with van der Waals surface area (Å²) in [7, 11) is 0. The Morgan fingerprint density at radius 3 is 2.15 bits per heavy atom. The van der Waals surface area contributed by atoms with Gasteiger partial charge in [0.2, 0.25) is 0 Å². The van der Waals surface area contributed by atoms with Crippen molar-refractivity contribution in [2.45, 2.75) is 58.3 Å². The first kappa shape index (κ1) is 18.4. The van der Waals surface area contributed by atoms with Crippen LogP contribution in [0.1, 0.15) is 58.3 Å². The molecule has 0 bridgehead atoms. The summed E-state index contributed by atoms with van der Waals surface area (Å²) < 4.78 is 0. The van der Waals surface area contributed by atoms with E-state index in [0.717, 1.165) is 18.9 Å². The van der Waals surface area contributed by atoms with E-state index in [4.69, 9.17) is 5.11 Å². The highest BCUT2D eigenvalue weighted by Crippen LogP contribution is 2.04. The molecule has 0 spiro atoms. The number of rotatable bonds is 12. The molecule has 0 rings (SSSR count). The molecule has 0 atom stereocenters. The second kappa shape index (κ2) is 15.5. The molecule has 0 unspecified atom stereocenters. The smallest absolute Gasteiger partial charge is 0.328 e. The SMILES string of the molecule is CCCCCC/C=C\CCC/C=C/C=C/C=C/C(=O)O. The Balaban J connectivity index is 3.38. The van der Waals surface area contributed by atoms with Gasteiger partial charge in [0.25, 0.3) is 0 Å². The summed E-state index contributed by atoms with van der Waals surface area (Å²) in [5.74, 6) is -0.917. The Kier molecular flexibility index (Phi) is 14.3. The number of aliphatic carboxylic acids is 1. The lowest BCUT2D eigenvalue weighted by Gasteiger charge is -1.94. The number of carbonyl (C=O) groups is 1. The highest BCUT2D eigenvalue weighted by Gasteiger charge is 1.84. The van der Waals surface area contributed by atoms with E-state index < -0.39 is 5.97 Å². The Morgan fingerprint density at radius 2 is 1.45 bits per heavy atom. The monoisotopic (exact) mass is 276 g/mol. The zero-order valence-corrected chi connectivity index (χ0v) is 12.6. The summed E-state index contributed by atoms with van der Waals surface area (Å²) in [6.07, 6.45) is 24.8. The maximum atomic E-state index is 10.2. The predicted molar refractivity (Wildman–Crippen MR) is 86.8 cm³/mol. The molecule has 0 amide bonds. The van der Waals surface area contributed by atoms with Gasteiger partial charge in [-0.1, -0.05) is 68.7 Å². The lowest BCUT2D eigenvalue weighted by Crippen LogP contribution is -1.84. The fourth-order valence-corrected chi connectivity index (χ4v) is 1.72. The molecule has 2 nitrogen and oxygen atoms in total. The van der Waals surface area contributed by atoms with E-state index in [2.05, 4.69) is 25.2 Å². The maximum Gasteiger partial charge on any atom is 0.328 e. The quantitative estimate of drug-likeness (QED) is 0.223. The normalized spacial score (nSPS) is 12.4. The molecular weight excluding hydrogens is 248 g/mol. The van der Waals surface area contributed by atoms with Crippen LogP contribution in [0.3, 0.4) is 0 Å². The molecule has 0 aliphatic heterocycles. The molecule has 0 aliphatic rings. The number of allylic oxidation sites excluding steroid dienone is 7. The van der Waals surface area contributed by atoms with Crippen molar-refractivity contribution >= 4 is 5.97 Å². The molecule has 1 N–H and O–H groups in total. The zero-order chi connectivity index (χ0) is 14.9. The van der Waals surface area contributed by atoms with Crippen LogP contribution >= 0.6 is 0 Å². The van der Waals surface area contributed by atoms with Crippen molar-refractivity contribution in [2.75, 3.05) is 0 Å². The lowest BCUT2D eigenvalue weighted by molar-refractivity contribution is -0.131. The van der Waals surface area contributed by atoms with Gasteiger partial charge in [0, 0.05) is 6.08 Å². The molecule has 0 aliphatic carbocycles. The second-order valence-corrected chi connectivity index (χ2v) is 4.76. The first-order valence-corrected chi connectivity index (χ1v) is 7.65. The molecule has 0 saturated carbocycles. The molecule has 0 saturated heterocycles. The van der Waals surface area contributed by atoms with Crippen LogP contribution in [0, 0.1) is 0 Å². The zero-order valence-electron chi connectivity index (χ0n) is 12.6. The van der Waals surface area contributed by atoms with E-state index in [1.54, 1.807) is 6.08 Å². The van der Waals surface area contributed by atoms with Gasteiger partial charge < -0.3 is 5.11 Å². The van der Waals surface area contributed by atoms with Gasteiger partial charge in [0.1, 0.15) is 0 Å². The molecule has 0 aromatic carbocycles. The Bertz CT molecular complexity index is 335. The van der Waals surface area contributed by atoms with Gasteiger partial charge in [0.15, 0.2) is 0 Å². The van der Waals surface area contributed by atoms with E-state index in [-0.39, 0.29) is 0 Å². The summed E-state index contributed by atoms with van der Waals surface area (Å²) in [5.41, 5.74) is 0. The fraction of sp³-hybridized carbons (Fsp3) is 0.500. The molecule has 20 heavy (non-hydrogen) atoms. The first-order valence-electron chi connectivity index (χ1n) is 7.65. The number of hydrogen-bond donors (Lipinski definition) is 1. The molecule has 112 valence electrons. The molecule has 0 radical (unpaired) electrons. The van der Waals surface area contributed by atoms with E-state index in [1.165, 1.54) is 44.6 Å². The van der Waals surface area contributed by atoms with Gasteiger partial charge in [-0.2, -0.15) is 0 Å². The summed E-state index contributed by atoms with van der Waals surface area (Å²) in [6.45, 7) is 2.24. The number of carboxylic acids is 1. The predicted octanol–water partition coefficient (Wildman–Crippen LogP) is 5.44. The van der Waals surface area contributed by atoms with Crippen LogP contribution in [0.25, 0.3) is 0 Å². The Labute approximate surface area is 123 Å². The fourth-order valence-electron chi connectivity index (χ4n) is 1.72. The topological polar surface area (TPSA) is 37.3 Å². The highest BCUT2D eigenvalue weighted by atomic mass is 16.4. The molecule has 0 aromatic rings. The van der Waals surface area contributed by atoms with Gasteiger partial charge in [-0.15, -0.1) is 0 Å². The average Bonchev–Trinajstić information content (AvgIpc) is 2.43. The average molecular weight is 276 g/mol. The minimum atomic E-state index is -0.917. The van der Waals surface area contributed by atoms with Crippen molar-refractivity contribution in [3.8, 4) is 0 Å². The minimum Gasteiger partial charge on any atom is -0.478 e. The van der Waals surface area contributed by atoms with Gasteiger partial charge >= 0.3 is 5.97 Å². The van der Waals surface area contributed by atoms with Crippen LogP contribution in [0.4, 0.5) is 0 Å². The summed E-state index contributed by atoms with van der Waals surface area (Å²) in [5, 5.41) is 8.37.